The molecule has 2 atom stereocenters. The first-order valence-corrected chi connectivity index (χ1v) is 9.62. The second kappa shape index (κ2) is 10.6. The zero-order chi connectivity index (χ0) is 20.5. The molecule has 2 N–H and O–H groups in total. The molecule has 28 heavy (non-hydrogen) atoms. The van der Waals surface area contributed by atoms with E-state index >= 15 is 0 Å². The summed E-state index contributed by atoms with van der Waals surface area (Å²) in [6.07, 6.45) is 0.0705. The molecule has 148 valence electrons. The fraction of sp³-hybridized carbons (Fsp3) is 0.286. The van der Waals surface area contributed by atoms with Gasteiger partial charge in [0.25, 0.3) is 0 Å². The van der Waals surface area contributed by atoms with Crippen molar-refractivity contribution >= 4 is 33.7 Å². The molecule has 7 heteroatoms. The number of amides is 2. The van der Waals surface area contributed by atoms with Crippen molar-refractivity contribution in [2.24, 2.45) is 0 Å². The van der Waals surface area contributed by atoms with Crippen molar-refractivity contribution in [3.05, 3.63) is 70.2 Å². The second-order valence-corrected chi connectivity index (χ2v) is 7.24. The topological polar surface area (TPSA) is 84.5 Å². The standard InChI is InChI=1S/C21H23BrN2O4/c1-14(25)23-18(16-8-10-17(22)11-9-16)12-20(26)24-19(13-21(27)28-2)15-6-4-3-5-7-15/h3-11,18-19H,12-13H2,1-2H3,(H,23,25)(H,24,26). The second-order valence-electron chi connectivity index (χ2n) is 6.32. The van der Waals surface area contributed by atoms with E-state index in [0.717, 1.165) is 15.6 Å². The first kappa shape index (κ1) is 21.6. The summed E-state index contributed by atoms with van der Waals surface area (Å²) >= 11 is 3.37. The molecule has 0 saturated carbocycles. The molecule has 0 fully saturated rings. The minimum atomic E-state index is -0.510. The molecule has 0 spiro atoms. The fourth-order valence-electron chi connectivity index (χ4n) is 2.82. The number of esters is 1. The van der Waals surface area contributed by atoms with Gasteiger partial charge in [-0.05, 0) is 23.3 Å². The molecule has 0 radical (unpaired) electrons. The molecule has 2 rings (SSSR count). The lowest BCUT2D eigenvalue weighted by Gasteiger charge is -2.22. The summed E-state index contributed by atoms with van der Waals surface area (Å²) in [5, 5.41) is 5.69. The molecule has 2 aromatic rings. The quantitative estimate of drug-likeness (QED) is 0.608. The third-order valence-electron chi connectivity index (χ3n) is 4.18. The van der Waals surface area contributed by atoms with Gasteiger partial charge in [-0.15, -0.1) is 0 Å². The zero-order valence-electron chi connectivity index (χ0n) is 15.8. The molecule has 0 aliphatic rings. The Bertz CT molecular complexity index is 803. The van der Waals surface area contributed by atoms with Crippen molar-refractivity contribution in [2.75, 3.05) is 7.11 Å². The Hall–Kier alpha value is -2.67. The lowest BCUT2D eigenvalue weighted by molar-refractivity contribution is -0.141. The third-order valence-corrected chi connectivity index (χ3v) is 4.70. The van der Waals surface area contributed by atoms with Crippen molar-refractivity contribution < 1.29 is 19.1 Å². The van der Waals surface area contributed by atoms with E-state index in [9.17, 15) is 14.4 Å². The molecule has 6 nitrogen and oxygen atoms in total. The van der Waals surface area contributed by atoms with Crippen LogP contribution in [0.15, 0.2) is 59.1 Å². The smallest absolute Gasteiger partial charge is 0.307 e. The predicted octanol–water partition coefficient (Wildman–Crippen LogP) is 3.44. The molecule has 0 aliphatic heterocycles. The van der Waals surface area contributed by atoms with Crippen molar-refractivity contribution in [1.29, 1.82) is 0 Å². The number of ether oxygens (including phenoxy) is 1. The summed E-state index contributed by atoms with van der Waals surface area (Å²) in [6.45, 7) is 1.41. The normalized spacial score (nSPS) is 12.5. The minimum absolute atomic E-state index is 0.0232. The molecule has 0 saturated heterocycles. The van der Waals surface area contributed by atoms with Crippen LogP contribution in [0.3, 0.4) is 0 Å². The van der Waals surface area contributed by atoms with Crippen LogP contribution in [0.2, 0.25) is 0 Å². The van der Waals surface area contributed by atoms with Gasteiger partial charge in [-0.3, -0.25) is 14.4 Å². The summed E-state index contributed by atoms with van der Waals surface area (Å²) in [6, 6.07) is 15.6. The van der Waals surface area contributed by atoms with Crippen LogP contribution in [-0.2, 0) is 19.1 Å². The van der Waals surface area contributed by atoms with Gasteiger partial charge in [0.1, 0.15) is 0 Å². The van der Waals surface area contributed by atoms with Gasteiger partial charge in [0, 0.05) is 11.4 Å². The van der Waals surface area contributed by atoms with Gasteiger partial charge in [0.05, 0.1) is 32.0 Å². The molecule has 2 aromatic carbocycles. The van der Waals surface area contributed by atoms with Gasteiger partial charge in [0.2, 0.25) is 11.8 Å². The first-order valence-electron chi connectivity index (χ1n) is 8.82. The monoisotopic (exact) mass is 446 g/mol. The average molecular weight is 447 g/mol. The lowest BCUT2D eigenvalue weighted by atomic mass is 10.0. The van der Waals surface area contributed by atoms with Crippen LogP contribution in [-0.4, -0.2) is 24.9 Å². The summed E-state index contributed by atoms with van der Waals surface area (Å²) < 4.78 is 5.65. The highest BCUT2D eigenvalue weighted by atomic mass is 79.9. The highest BCUT2D eigenvalue weighted by Gasteiger charge is 2.22. The molecule has 0 aromatic heterocycles. The number of carbonyl (C=O) groups excluding carboxylic acids is 3. The Morgan fingerprint density at radius 2 is 1.46 bits per heavy atom. The van der Waals surface area contributed by atoms with E-state index < -0.39 is 18.1 Å². The molecule has 0 aliphatic carbocycles. The predicted molar refractivity (Wildman–Crippen MR) is 109 cm³/mol. The zero-order valence-corrected chi connectivity index (χ0v) is 17.4. The lowest BCUT2D eigenvalue weighted by Crippen LogP contribution is -2.35. The van der Waals surface area contributed by atoms with Crippen LogP contribution in [0.1, 0.15) is 43.0 Å². The Labute approximate surface area is 172 Å². The van der Waals surface area contributed by atoms with Crippen LogP contribution in [0.25, 0.3) is 0 Å². The molecular weight excluding hydrogens is 424 g/mol. The van der Waals surface area contributed by atoms with Crippen molar-refractivity contribution in [3.63, 3.8) is 0 Å². The largest absolute Gasteiger partial charge is 0.469 e. The van der Waals surface area contributed by atoms with E-state index in [2.05, 4.69) is 26.6 Å². The van der Waals surface area contributed by atoms with Crippen molar-refractivity contribution in [2.45, 2.75) is 31.8 Å². The molecule has 0 bridgehead atoms. The van der Waals surface area contributed by atoms with Gasteiger partial charge in [-0.25, -0.2) is 0 Å². The van der Waals surface area contributed by atoms with Crippen LogP contribution in [0.5, 0.6) is 0 Å². The van der Waals surface area contributed by atoms with Crippen molar-refractivity contribution in [1.82, 2.24) is 10.6 Å². The summed E-state index contributed by atoms with van der Waals surface area (Å²) in [7, 11) is 1.31. The minimum Gasteiger partial charge on any atom is -0.469 e. The van der Waals surface area contributed by atoms with Crippen LogP contribution in [0.4, 0.5) is 0 Å². The molecule has 2 amide bonds. The maximum absolute atomic E-state index is 12.7. The van der Waals surface area contributed by atoms with Gasteiger partial charge in [-0.1, -0.05) is 58.4 Å². The summed E-state index contributed by atoms with van der Waals surface area (Å²) in [4.78, 5) is 36.1. The Morgan fingerprint density at radius 1 is 0.893 bits per heavy atom. The summed E-state index contributed by atoms with van der Waals surface area (Å²) in [5.74, 6) is -0.921. The van der Waals surface area contributed by atoms with Gasteiger partial charge < -0.3 is 15.4 Å². The van der Waals surface area contributed by atoms with E-state index in [4.69, 9.17) is 4.74 Å². The Morgan fingerprint density at radius 3 is 2.04 bits per heavy atom. The van der Waals surface area contributed by atoms with Gasteiger partial charge in [0.15, 0.2) is 0 Å². The number of benzene rings is 2. The molecule has 2 unspecified atom stereocenters. The van der Waals surface area contributed by atoms with Crippen molar-refractivity contribution in [3.8, 4) is 0 Å². The van der Waals surface area contributed by atoms with E-state index in [0.29, 0.717) is 0 Å². The molecular formula is C21H23BrN2O4. The van der Waals surface area contributed by atoms with Crippen LogP contribution in [0, 0.1) is 0 Å². The third kappa shape index (κ3) is 6.81. The van der Waals surface area contributed by atoms with E-state index in [1.54, 1.807) is 0 Å². The number of rotatable bonds is 8. The number of methoxy groups -OCH3 is 1. The Kier molecular flexibility index (Phi) is 8.19. The number of carbonyl (C=O) groups is 3. The van der Waals surface area contributed by atoms with E-state index in [1.165, 1.54) is 14.0 Å². The fourth-order valence-corrected chi connectivity index (χ4v) is 3.08. The van der Waals surface area contributed by atoms with E-state index in [1.807, 2.05) is 54.6 Å². The summed E-state index contributed by atoms with van der Waals surface area (Å²) in [5.41, 5.74) is 1.62. The SMILES string of the molecule is COC(=O)CC(NC(=O)CC(NC(C)=O)c1ccc(Br)cc1)c1ccccc1. The maximum atomic E-state index is 12.7. The Balaban J connectivity index is 2.14. The van der Waals surface area contributed by atoms with Crippen LogP contribution < -0.4 is 10.6 Å². The first-order chi connectivity index (χ1) is 13.4. The highest BCUT2D eigenvalue weighted by molar-refractivity contribution is 9.10. The maximum Gasteiger partial charge on any atom is 0.307 e. The van der Waals surface area contributed by atoms with Gasteiger partial charge in [-0.2, -0.15) is 0 Å². The van der Waals surface area contributed by atoms with Gasteiger partial charge >= 0.3 is 5.97 Å². The number of halogens is 1. The average Bonchev–Trinajstić information content (AvgIpc) is 2.67. The van der Waals surface area contributed by atoms with Crippen LogP contribution >= 0.6 is 15.9 Å². The highest BCUT2D eigenvalue weighted by Crippen LogP contribution is 2.22. The molecule has 0 heterocycles. The number of hydrogen-bond donors (Lipinski definition) is 2. The number of hydrogen-bond acceptors (Lipinski definition) is 4. The van der Waals surface area contributed by atoms with E-state index in [-0.39, 0.29) is 24.7 Å². The number of nitrogens with one attached hydrogen (secondary N) is 2.